The van der Waals surface area contributed by atoms with E-state index in [1.54, 1.807) is 61.8 Å². The number of nitrogens with one attached hydrogen (secondary N) is 2. The number of hydrogen-bond donors (Lipinski definition) is 2. The van der Waals surface area contributed by atoms with Gasteiger partial charge in [0.2, 0.25) is 15.9 Å². The van der Waals surface area contributed by atoms with E-state index in [0.717, 1.165) is 27.3 Å². The first-order valence-electron chi connectivity index (χ1n) is 11.3. The van der Waals surface area contributed by atoms with Gasteiger partial charge in [-0.3, -0.25) is 18.9 Å². The number of carbonyl (C=O) groups is 2. The minimum absolute atomic E-state index is 0.237. The highest BCUT2D eigenvalue weighted by Gasteiger charge is 2.32. The molecule has 0 fully saturated rings. The quantitative estimate of drug-likeness (QED) is 0.470. The molecule has 0 aliphatic rings. The number of aromatic nitrogens is 1. The van der Waals surface area contributed by atoms with E-state index in [1.807, 2.05) is 26.0 Å². The van der Waals surface area contributed by atoms with E-state index in [2.05, 4.69) is 15.6 Å². The molecule has 0 saturated heterocycles. The van der Waals surface area contributed by atoms with Gasteiger partial charge in [-0.25, -0.2) is 8.42 Å². The lowest BCUT2D eigenvalue weighted by molar-refractivity contribution is -0.117. The summed E-state index contributed by atoms with van der Waals surface area (Å²) in [5.41, 5.74) is 3.77. The van der Waals surface area contributed by atoms with Crippen LogP contribution >= 0.6 is 0 Å². The fraction of sp³-hybridized carbons (Fsp3) is 0.269. The monoisotopic (exact) mass is 494 g/mol. The van der Waals surface area contributed by atoms with Gasteiger partial charge in [0.1, 0.15) is 6.04 Å². The Balaban J connectivity index is 1.85. The van der Waals surface area contributed by atoms with Gasteiger partial charge in [0.05, 0.1) is 23.2 Å². The van der Waals surface area contributed by atoms with Crippen LogP contribution in [0.3, 0.4) is 0 Å². The van der Waals surface area contributed by atoms with Crippen LogP contribution in [-0.4, -0.2) is 37.5 Å². The summed E-state index contributed by atoms with van der Waals surface area (Å²) in [5.74, 6) is -0.893. The van der Waals surface area contributed by atoms with Gasteiger partial charge in [-0.1, -0.05) is 31.2 Å². The standard InChI is InChI=1S/C26H30N4O4S/c1-5-24(30(35(4,33)34)21-13-12-18(2)19(3)15-21)26(32)29-23-11-7-6-10-22(23)25(31)28-17-20-9-8-14-27-16-20/h6-16,24H,5,17H2,1-4H3,(H,28,31)(H,29,32)/t24-/m1/s1. The van der Waals surface area contributed by atoms with Crippen LogP contribution in [0.4, 0.5) is 11.4 Å². The molecule has 35 heavy (non-hydrogen) atoms. The van der Waals surface area contributed by atoms with E-state index in [4.69, 9.17) is 0 Å². The highest BCUT2D eigenvalue weighted by molar-refractivity contribution is 7.92. The number of aryl methyl sites for hydroxylation is 2. The summed E-state index contributed by atoms with van der Waals surface area (Å²) >= 11 is 0. The Morgan fingerprint density at radius 2 is 1.77 bits per heavy atom. The molecule has 3 aromatic rings. The molecule has 0 aliphatic heterocycles. The third-order valence-corrected chi connectivity index (χ3v) is 6.86. The van der Waals surface area contributed by atoms with Crippen molar-refractivity contribution >= 4 is 33.2 Å². The van der Waals surface area contributed by atoms with Gasteiger partial charge >= 0.3 is 0 Å². The zero-order valence-electron chi connectivity index (χ0n) is 20.3. The second-order valence-electron chi connectivity index (χ2n) is 8.33. The zero-order valence-corrected chi connectivity index (χ0v) is 21.1. The van der Waals surface area contributed by atoms with Gasteiger partial charge in [-0.05, 0) is 67.3 Å². The molecule has 0 aliphatic carbocycles. The number of sulfonamides is 1. The van der Waals surface area contributed by atoms with Crippen molar-refractivity contribution < 1.29 is 18.0 Å². The van der Waals surface area contributed by atoms with Crippen molar-refractivity contribution in [3.8, 4) is 0 Å². The number of amides is 2. The first-order valence-corrected chi connectivity index (χ1v) is 13.1. The minimum Gasteiger partial charge on any atom is -0.348 e. The Bertz CT molecular complexity index is 1310. The third kappa shape index (κ3) is 6.45. The molecule has 2 N–H and O–H groups in total. The van der Waals surface area contributed by atoms with E-state index in [9.17, 15) is 18.0 Å². The topological polar surface area (TPSA) is 108 Å². The molecule has 2 amide bonds. The second-order valence-corrected chi connectivity index (χ2v) is 10.2. The molecule has 1 aromatic heterocycles. The van der Waals surface area contributed by atoms with Crippen molar-refractivity contribution in [3.05, 3.63) is 89.2 Å². The number of rotatable bonds is 9. The van der Waals surface area contributed by atoms with Gasteiger partial charge in [-0.15, -0.1) is 0 Å². The SMILES string of the molecule is CC[C@H](C(=O)Nc1ccccc1C(=O)NCc1cccnc1)N(c1ccc(C)c(C)c1)S(C)(=O)=O. The molecule has 3 rings (SSSR count). The molecule has 0 unspecified atom stereocenters. The Hall–Kier alpha value is -3.72. The van der Waals surface area contributed by atoms with Gasteiger partial charge in [-0.2, -0.15) is 0 Å². The van der Waals surface area contributed by atoms with Crippen LogP contribution in [-0.2, 0) is 21.4 Å². The van der Waals surface area contributed by atoms with Gasteiger partial charge in [0.15, 0.2) is 0 Å². The smallest absolute Gasteiger partial charge is 0.253 e. The number of anilines is 2. The molecule has 8 nitrogen and oxygen atoms in total. The summed E-state index contributed by atoms with van der Waals surface area (Å²) in [4.78, 5) is 30.2. The second kappa shape index (κ2) is 11.1. The molecule has 0 bridgehead atoms. The van der Waals surface area contributed by atoms with E-state index in [0.29, 0.717) is 11.4 Å². The Morgan fingerprint density at radius 3 is 2.40 bits per heavy atom. The largest absolute Gasteiger partial charge is 0.348 e. The lowest BCUT2D eigenvalue weighted by Crippen LogP contribution is -2.47. The Kier molecular flexibility index (Phi) is 8.24. The van der Waals surface area contributed by atoms with Crippen molar-refractivity contribution in [3.63, 3.8) is 0 Å². The normalized spacial score (nSPS) is 12.0. The number of benzene rings is 2. The summed E-state index contributed by atoms with van der Waals surface area (Å²) in [5, 5.41) is 5.59. The van der Waals surface area contributed by atoms with Crippen LogP contribution in [0.25, 0.3) is 0 Å². The maximum Gasteiger partial charge on any atom is 0.253 e. The van der Waals surface area contributed by atoms with E-state index >= 15 is 0 Å². The average Bonchev–Trinajstić information content (AvgIpc) is 2.83. The molecule has 0 radical (unpaired) electrons. The van der Waals surface area contributed by atoms with E-state index < -0.39 is 22.0 Å². The lowest BCUT2D eigenvalue weighted by Gasteiger charge is -2.30. The van der Waals surface area contributed by atoms with Crippen LogP contribution in [0.5, 0.6) is 0 Å². The summed E-state index contributed by atoms with van der Waals surface area (Å²) in [6.45, 7) is 5.85. The average molecular weight is 495 g/mol. The first-order chi connectivity index (χ1) is 16.6. The molecular formula is C26H30N4O4S. The highest BCUT2D eigenvalue weighted by atomic mass is 32.2. The van der Waals surface area contributed by atoms with Crippen LogP contribution in [0.2, 0.25) is 0 Å². The van der Waals surface area contributed by atoms with Gasteiger partial charge < -0.3 is 10.6 Å². The van der Waals surface area contributed by atoms with Crippen molar-refractivity contribution in [1.29, 1.82) is 0 Å². The molecule has 0 saturated carbocycles. The maximum absolute atomic E-state index is 13.4. The predicted octanol–water partition coefficient (Wildman–Crippen LogP) is 3.81. The van der Waals surface area contributed by atoms with Gasteiger partial charge in [0, 0.05) is 18.9 Å². The van der Waals surface area contributed by atoms with Crippen molar-refractivity contribution in [2.75, 3.05) is 15.9 Å². The molecule has 2 aromatic carbocycles. The zero-order chi connectivity index (χ0) is 25.6. The lowest BCUT2D eigenvalue weighted by atomic mass is 10.1. The van der Waals surface area contributed by atoms with Crippen molar-refractivity contribution in [2.45, 2.75) is 39.8 Å². The number of pyridine rings is 1. The molecular weight excluding hydrogens is 464 g/mol. The fourth-order valence-corrected chi connectivity index (χ4v) is 4.91. The van der Waals surface area contributed by atoms with Crippen molar-refractivity contribution in [2.24, 2.45) is 0 Å². The first kappa shape index (κ1) is 25.9. The molecule has 9 heteroatoms. The molecule has 0 spiro atoms. The third-order valence-electron chi connectivity index (χ3n) is 5.68. The highest BCUT2D eigenvalue weighted by Crippen LogP contribution is 2.26. The number of hydrogen-bond acceptors (Lipinski definition) is 5. The number of carbonyl (C=O) groups excluding carboxylic acids is 2. The molecule has 1 heterocycles. The maximum atomic E-state index is 13.4. The van der Waals surface area contributed by atoms with E-state index in [-0.39, 0.29) is 24.4 Å². The summed E-state index contributed by atoms with van der Waals surface area (Å²) < 4.78 is 26.7. The summed E-state index contributed by atoms with van der Waals surface area (Å²) in [6, 6.07) is 14.5. The van der Waals surface area contributed by atoms with E-state index in [1.165, 1.54) is 0 Å². The fourth-order valence-electron chi connectivity index (χ4n) is 3.71. The van der Waals surface area contributed by atoms with Crippen LogP contribution in [0.15, 0.2) is 67.0 Å². The summed E-state index contributed by atoms with van der Waals surface area (Å²) in [7, 11) is -3.77. The Morgan fingerprint density at radius 1 is 1.03 bits per heavy atom. The van der Waals surface area contributed by atoms with Crippen LogP contribution in [0.1, 0.15) is 40.4 Å². The van der Waals surface area contributed by atoms with Crippen LogP contribution < -0.4 is 14.9 Å². The van der Waals surface area contributed by atoms with Gasteiger partial charge in [0.25, 0.3) is 5.91 Å². The van der Waals surface area contributed by atoms with Crippen LogP contribution in [0, 0.1) is 13.8 Å². The molecule has 1 atom stereocenters. The molecule has 184 valence electrons. The predicted molar refractivity (Wildman–Crippen MR) is 138 cm³/mol. The number of para-hydroxylation sites is 1. The summed E-state index contributed by atoms with van der Waals surface area (Å²) in [6.07, 6.45) is 4.63. The minimum atomic E-state index is -3.77. The number of nitrogens with zero attached hydrogens (tertiary/aromatic N) is 2. The van der Waals surface area contributed by atoms with Crippen molar-refractivity contribution in [1.82, 2.24) is 10.3 Å². The Labute approximate surface area is 206 Å².